The molecule has 226 valence electrons. The predicted octanol–water partition coefficient (Wildman–Crippen LogP) is 1.32. The first-order valence-corrected chi connectivity index (χ1v) is 19.1. The summed E-state index contributed by atoms with van der Waals surface area (Å²) in [4.78, 5) is 29.3. The van der Waals surface area contributed by atoms with Crippen molar-refractivity contribution in [2.24, 2.45) is 0 Å². The van der Waals surface area contributed by atoms with Gasteiger partial charge in [-0.05, 0) is 71.2 Å². The molecular formula is C29H36N3O8PW. The van der Waals surface area contributed by atoms with Crippen molar-refractivity contribution in [1.29, 1.82) is 0 Å². The summed E-state index contributed by atoms with van der Waals surface area (Å²) in [5.41, 5.74) is 11.0. The van der Waals surface area contributed by atoms with Crippen LogP contribution < -0.4 is 18.6 Å². The Bertz CT molecular complexity index is 1520. The average molecular weight is 769 g/mol. The van der Waals surface area contributed by atoms with Gasteiger partial charge in [0, 0.05) is 45.6 Å². The normalized spacial score (nSPS) is 13.3. The topological polar surface area (TPSA) is 176 Å². The molecule has 4 rings (SSSR count). The number of rotatable bonds is 5. The second-order valence-electron chi connectivity index (χ2n) is 9.44. The number of hydrogen-bond acceptors (Lipinski definition) is 6. The maximum absolute atomic E-state index is 8.88. The molecule has 0 aliphatic heterocycles. The Morgan fingerprint density at radius 2 is 1.17 bits per heavy atom. The van der Waals surface area contributed by atoms with Crippen LogP contribution in [0.3, 0.4) is 0 Å². The third-order valence-corrected chi connectivity index (χ3v) is 5.91. The van der Waals surface area contributed by atoms with Crippen molar-refractivity contribution >= 4 is 36.1 Å². The van der Waals surface area contributed by atoms with Gasteiger partial charge in [0.25, 0.3) is 0 Å². The van der Waals surface area contributed by atoms with Crippen LogP contribution in [0.25, 0.3) is 11.1 Å². The van der Waals surface area contributed by atoms with Gasteiger partial charge in [0.05, 0.1) is 5.56 Å². The van der Waals surface area contributed by atoms with Crippen LogP contribution in [0.5, 0.6) is 0 Å². The second kappa shape index (κ2) is 15.3. The first-order valence-electron chi connectivity index (χ1n) is 12.6. The standard InChI is InChI=1S/C29H31N3.H3O4P.H2O.3O.W/c1-6-30-28-20-19-27(25-9-7-8-10-26(25)28)29(21-11-15-23(16-12-21)31(2)3)22-13-17-24(18-14-22)32(4)5;1-5(2,3)4;;;;;/h7-20H,6H2,1-5H3;(H3,1,2,3,4);1H2;;;;/q;;;;;-1;+1. The van der Waals surface area contributed by atoms with E-state index in [2.05, 4.69) is 135 Å². The zero-order chi connectivity index (χ0) is 31.7. The maximum atomic E-state index is 8.88. The quantitative estimate of drug-likeness (QED) is 0.238. The fourth-order valence-electron chi connectivity index (χ4n) is 4.19. The Kier molecular flexibility index (Phi) is 12.7. The summed E-state index contributed by atoms with van der Waals surface area (Å²) in [6, 6.07) is 26.4. The SMILES string of the molecule is CC[NH+]=C1C=CC(=C(c2ccc(N(C)C)cc2)c2ccc(N(C)C)cc2)c2ccccc21.O=P(O)(O)O.[O]=[W](=[O])([O-])[OH]. The van der Waals surface area contributed by atoms with Gasteiger partial charge in [-0.1, -0.05) is 42.5 Å². The molecule has 11 nitrogen and oxygen atoms in total. The molecule has 3 aromatic carbocycles. The van der Waals surface area contributed by atoms with Crippen LogP contribution in [0.4, 0.5) is 11.4 Å². The van der Waals surface area contributed by atoms with Gasteiger partial charge in [-0.15, -0.1) is 0 Å². The zero-order valence-corrected chi connectivity index (χ0v) is 27.8. The molecule has 0 fully saturated rings. The molecule has 0 saturated carbocycles. The molecule has 0 atom stereocenters. The number of nitrogens with zero attached hydrogens (tertiary/aromatic N) is 2. The minimum absolute atomic E-state index is 0.901. The zero-order valence-electron chi connectivity index (χ0n) is 24.0. The summed E-state index contributed by atoms with van der Waals surface area (Å²) in [6.07, 6.45) is 4.47. The first kappa shape index (κ1) is 34.9. The van der Waals surface area contributed by atoms with E-state index < -0.39 is 24.6 Å². The Labute approximate surface area is 249 Å². The van der Waals surface area contributed by atoms with Crippen molar-refractivity contribution < 1.29 is 55.3 Å². The van der Waals surface area contributed by atoms with Crippen LogP contribution in [0, 0.1) is 0 Å². The van der Waals surface area contributed by atoms with Crippen molar-refractivity contribution in [2.75, 3.05) is 44.5 Å². The van der Waals surface area contributed by atoms with Gasteiger partial charge >= 0.3 is 38.9 Å². The van der Waals surface area contributed by atoms with Crippen molar-refractivity contribution in [3.05, 3.63) is 107 Å². The second-order valence-corrected chi connectivity index (χ2v) is 13.5. The van der Waals surface area contributed by atoms with Gasteiger partial charge in [-0.25, -0.2) is 9.56 Å². The molecule has 1 aliphatic rings. The monoisotopic (exact) mass is 769 g/mol. The van der Waals surface area contributed by atoms with E-state index in [1.54, 1.807) is 0 Å². The van der Waals surface area contributed by atoms with E-state index in [9.17, 15) is 0 Å². The summed E-state index contributed by atoms with van der Waals surface area (Å²) in [5.74, 6) is 0. The average Bonchev–Trinajstić information content (AvgIpc) is 2.89. The summed E-state index contributed by atoms with van der Waals surface area (Å²) >= 11 is -5.92. The van der Waals surface area contributed by atoms with Crippen LogP contribution in [-0.4, -0.2) is 58.9 Å². The van der Waals surface area contributed by atoms with Crippen LogP contribution in [0.1, 0.15) is 29.2 Å². The van der Waals surface area contributed by atoms with E-state index in [-0.39, 0.29) is 0 Å². The number of benzene rings is 3. The van der Waals surface area contributed by atoms with Gasteiger partial charge in [-0.3, -0.25) is 0 Å². The number of hydrogen-bond donors (Lipinski definition) is 5. The van der Waals surface area contributed by atoms with Crippen molar-refractivity contribution in [3.63, 3.8) is 0 Å². The summed E-state index contributed by atoms with van der Waals surface area (Å²) in [6.45, 7) is 3.04. The van der Waals surface area contributed by atoms with Crippen LogP contribution in [0.2, 0.25) is 0 Å². The van der Waals surface area contributed by atoms with Crippen molar-refractivity contribution in [1.82, 2.24) is 0 Å². The van der Waals surface area contributed by atoms with Gasteiger partial charge in [0.1, 0.15) is 6.54 Å². The van der Waals surface area contributed by atoms with E-state index in [4.69, 9.17) is 33.6 Å². The van der Waals surface area contributed by atoms with Gasteiger partial charge in [0.15, 0.2) is 0 Å². The Morgan fingerprint density at radius 3 is 1.52 bits per heavy atom. The Balaban J connectivity index is 0.000000533. The van der Waals surface area contributed by atoms with Crippen molar-refractivity contribution in [3.8, 4) is 0 Å². The molecule has 0 heterocycles. The third-order valence-electron chi connectivity index (χ3n) is 5.91. The van der Waals surface area contributed by atoms with E-state index >= 15 is 0 Å². The Hall–Kier alpha value is -3.27. The molecule has 0 unspecified atom stereocenters. The molecule has 3 aromatic rings. The summed E-state index contributed by atoms with van der Waals surface area (Å²) in [5, 5.41) is 0. The number of allylic oxidation sites excluding steroid dienone is 3. The van der Waals surface area contributed by atoms with E-state index in [0.29, 0.717) is 0 Å². The van der Waals surface area contributed by atoms with Crippen LogP contribution in [-0.2, 0) is 28.1 Å². The third kappa shape index (κ3) is 11.5. The summed E-state index contributed by atoms with van der Waals surface area (Å²) in [7, 11) is 3.66. The minimum atomic E-state index is -5.92. The fraction of sp³-hybridized carbons (Fsp3) is 0.207. The van der Waals surface area contributed by atoms with E-state index in [1.165, 1.54) is 50.5 Å². The molecule has 5 N–H and O–H groups in total. The van der Waals surface area contributed by atoms with Crippen molar-refractivity contribution in [2.45, 2.75) is 6.92 Å². The van der Waals surface area contributed by atoms with E-state index in [1.807, 2.05) is 0 Å². The molecule has 0 bridgehead atoms. The Morgan fingerprint density at radius 1 is 0.786 bits per heavy atom. The first-order chi connectivity index (χ1) is 19.5. The molecule has 0 saturated heterocycles. The molecule has 0 radical (unpaired) electrons. The molecule has 13 heteroatoms. The van der Waals surface area contributed by atoms with Gasteiger partial charge in [0.2, 0.25) is 5.71 Å². The molecule has 0 amide bonds. The molecule has 42 heavy (non-hydrogen) atoms. The number of phosphoric acid groups is 1. The van der Waals surface area contributed by atoms with Gasteiger partial charge in [-0.2, -0.15) is 0 Å². The number of anilines is 2. The fourth-order valence-corrected chi connectivity index (χ4v) is 4.19. The molecule has 0 aromatic heterocycles. The van der Waals surface area contributed by atoms with Crippen LogP contribution in [0.15, 0.2) is 84.9 Å². The van der Waals surface area contributed by atoms with E-state index in [0.717, 1.165) is 6.54 Å². The number of fused-ring (bicyclic) bond motifs is 1. The number of nitrogens with one attached hydrogen (secondary N) is 1. The molecule has 0 spiro atoms. The molecular weight excluding hydrogens is 733 g/mol. The molecule has 1 aliphatic carbocycles. The predicted molar refractivity (Wildman–Crippen MR) is 157 cm³/mol. The van der Waals surface area contributed by atoms with Gasteiger partial charge < -0.3 is 24.5 Å². The summed E-state index contributed by atoms with van der Waals surface area (Å²) < 4.78 is 42.2. The van der Waals surface area contributed by atoms with Crippen LogP contribution >= 0.6 is 7.82 Å².